The molecule has 0 aliphatic rings. The molecule has 2 aromatic rings. The Morgan fingerprint density at radius 1 is 1.21 bits per heavy atom. The summed E-state index contributed by atoms with van der Waals surface area (Å²) in [5.41, 5.74) is 2.27. The van der Waals surface area contributed by atoms with Gasteiger partial charge in [0.1, 0.15) is 6.26 Å². The summed E-state index contributed by atoms with van der Waals surface area (Å²) in [7, 11) is 0. The minimum absolute atomic E-state index is 0.449. The molecule has 3 heteroatoms. The fourth-order valence-corrected chi connectivity index (χ4v) is 1.51. The molecule has 0 fully saturated rings. The highest BCUT2D eigenvalue weighted by atomic mass is 16.3. The van der Waals surface area contributed by atoms with Crippen molar-refractivity contribution in [1.82, 2.24) is 9.38 Å². The van der Waals surface area contributed by atoms with Gasteiger partial charge in [-0.3, -0.25) is 4.40 Å². The SMILES string of the molecule is CC(C)c1cn2c(C(C)C)coc2n1. The highest BCUT2D eigenvalue weighted by molar-refractivity contribution is 5.31. The Labute approximate surface area is 83.8 Å². The first-order valence-corrected chi connectivity index (χ1v) is 5.06. The third-order valence-electron chi connectivity index (χ3n) is 2.44. The molecule has 0 unspecified atom stereocenters. The van der Waals surface area contributed by atoms with Crippen molar-refractivity contribution in [3.8, 4) is 0 Å². The largest absolute Gasteiger partial charge is 0.431 e. The zero-order chi connectivity index (χ0) is 10.3. The van der Waals surface area contributed by atoms with Crippen LogP contribution < -0.4 is 0 Å². The topological polar surface area (TPSA) is 30.4 Å². The van der Waals surface area contributed by atoms with Gasteiger partial charge in [-0.2, -0.15) is 4.98 Å². The van der Waals surface area contributed by atoms with Gasteiger partial charge in [-0.15, -0.1) is 0 Å². The number of hydrogen-bond acceptors (Lipinski definition) is 2. The molecule has 0 spiro atoms. The van der Waals surface area contributed by atoms with Gasteiger partial charge in [-0.1, -0.05) is 27.7 Å². The number of aromatic nitrogens is 2. The normalized spacial score (nSPS) is 12.1. The van der Waals surface area contributed by atoms with Gasteiger partial charge in [0, 0.05) is 6.20 Å². The fraction of sp³-hybridized carbons (Fsp3) is 0.545. The molecule has 0 aliphatic heterocycles. The van der Waals surface area contributed by atoms with E-state index in [0.717, 1.165) is 5.69 Å². The van der Waals surface area contributed by atoms with Crippen LogP contribution in [0.15, 0.2) is 16.9 Å². The molecule has 0 atom stereocenters. The molecular formula is C11H16N2O. The van der Waals surface area contributed by atoms with Gasteiger partial charge >= 0.3 is 5.84 Å². The second-order valence-corrected chi connectivity index (χ2v) is 4.29. The fourth-order valence-electron chi connectivity index (χ4n) is 1.51. The molecule has 0 radical (unpaired) electrons. The van der Waals surface area contributed by atoms with E-state index in [1.165, 1.54) is 5.69 Å². The molecular weight excluding hydrogens is 176 g/mol. The molecule has 2 aromatic heterocycles. The Hall–Kier alpha value is -1.25. The highest BCUT2D eigenvalue weighted by Crippen LogP contribution is 2.21. The number of oxazole rings is 1. The molecule has 76 valence electrons. The second kappa shape index (κ2) is 3.15. The maximum absolute atomic E-state index is 5.39. The molecule has 2 heterocycles. The van der Waals surface area contributed by atoms with Crippen molar-refractivity contribution in [2.75, 3.05) is 0 Å². The van der Waals surface area contributed by atoms with Crippen LogP contribution in [0.25, 0.3) is 5.84 Å². The Balaban J connectivity index is 2.56. The van der Waals surface area contributed by atoms with E-state index in [4.69, 9.17) is 4.42 Å². The van der Waals surface area contributed by atoms with Gasteiger partial charge in [0.2, 0.25) is 0 Å². The molecule has 0 bridgehead atoms. The first kappa shape index (κ1) is 9.31. The van der Waals surface area contributed by atoms with Gasteiger partial charge < -0.3 is 4.42 Å². The van der Waals surface area contributed by atoms with Crippen LogP contribution in [-0.4, -0.2) is 9.38 Å². The highest BCUT2D eigenvalue weighted by Gasteiger charge is 2.13. The standard InChI is InChI=1S/C11H16N2O/c1-7(2)9-5-13-10(8(3)4)6-14-11(13)12-9/h5-8H,1-4H3. The molecule has 0 saturated carbocycles. The predicted octanol–water partition coefficient (Wildman–Crippen LogP) is 3.17. The van der Waals surface area contributed by atoms with Crippen molar-refractivity contribution < 1.29 is 4.42 Å². The average Bonchev–Trinajstić information content (AvgIpc) is 2.58. The van der Waals surface area contributed by atoms with Crippen molar-refractivity contribution >= 4 is 5.84 Å². The van der Waals surface area contributed by atoms with E-state index in [1.54, 1.807) is 6.26 Å². The number of nitrogens with zero attached hydrogens (tertiary/aromatic N) is 2. The van der Waals surface area contributed by atoms with Crippen molar-refractivity contribution in [2.24, 2.45) is 0 Å². The number of hydrogen-bond donors (Lipinski definition) is 0. The zero-order valence-electron chi connectivity index (χ0n) is 9.11. The summed E-state index contributed by atoms with van der Waals surface area (Å²) in [5, 5.41) is 0. The van der Waals surface area contributed by atoms with Gasteiger partial charge in [-0.05, 0) is 11.8 Å². The van der Waals surface area contributed by atoms with Crippen LogP contribution in [0, 0.1) is 0 Å². The smallest absolute Gasteiger partial charge is 0.306 e. The summed E-state index contributed by atoms with van der Waals surface area (Å²) in [6, 6.07) is 0. The van der Waals surface area contributed by atoms with Gasteiger partial charge in [-0.25, -0.2) is 0 Å². The summed E-state index contributed by atoms with van der Waals surface area (Å²) in [6.07, 6.45) is 3.86. The summed E-state index contributed by atoms with van der Waals surface area (Å²) >= 11 is 0. The van der Waals surface area contributed by atoms with E-state index in [9.17, 15) is 0 Å². The Bertz CT molecular complexity index is 437. The number of fused-ring (bicyclic) bond motifs is 1. The number of rotatable bonds is 2. The molecule has 0 saturated heterocycles. The first-order chi connectivity index (χ1) is 6.59. The minimum atomic E-state index is 0.449. The summed E-state index contributed by atoms with van der Waals surface area (Å²) in [6.45, 7) is 8.58. The van der Waals surface area contributed by atoms with Crippen LogP contribution >= 0.6 is 0 Å². The Kier molecular flexibility index (Phi) is 2.10. The second-order valence-electron chi connectivity index (χ2n) is 4.29. The lowest BCUT2D eigenvalue weighted by Gasteiger charge is -2.00. The lowest BCUT2D eigenvalue weighted by molar-refractivity contribution is 0.589. The van der Waals surface area contributed by atoms with Crippen molar-refractivity contribution in [3.05, 3.63) is 23.8 Å². The monoisotopic (exact) mass is 192 g/mol. The van der Waals surface area contributed by atoms with E-state index in [-0.39, 0.29) is 0 Å². The van der Waals surface area contributed by atoms with Crippen LogP contribution in [-0.2, 0) is 0 Å². The quantitative estimate of drug-likeness (QED) is 0.731. The Morgan fingerprint density at radius 2 is 1.93 bits per heavy atom. The summed E-state index contributed by atoms with van der Waals surface area (Å²) < 4.78 is 7.43. The van der Waals surface area contributed by atoms with Crippen LogP contribution in [0.3, 0.4) is 0 Å². The van der Waals surface area contributed by atoms with Crippen molar-refractivity contribution in [1.29, 1.82) is 0 Å². The van der Waals surface area contributed by atoms with Gasteiger partial charge in [0.15, 0.2) is 0 Å². The average molecular weight is 192 g/mol. The van der Waals surface area contributed by atoms with Gasteiger partial charge in [0.05, 0.1) is 11.4 Å². The molecule has 14 heavy (non-hydrogen) atoms. The molecule has 0 amide bonds. The molecule has 2 rings (SSSR count). The van der Waals surface area contributed by atoms with E-state index in [1.807, 2.05) is 4.40 Å². The lowest BCUT2D eigenvalue weighted by Crippen LogP contribution is -1.92. The summed E-state index contributed by atoms with van der Waals surface area (Å²) in [4.78, 5) is 4.41. The first-order valence-electron chi connectivity index (χ1n) is 5.06. The third-order valence-corrected chi connectivity index (χ3v) is 2.44. The maximum Gasteiger partial charge on any atom is 0.306 e. The van der Waals surface area contributed by atoms with Crippen LogP contribution in [0.2, 0.25) is 0 Å². The molecule has 3 nitrogen and oxygen atoms in total. The van der Waals surface area contributed by atoms with E-state index in [0.29, 0.717) is 17.7 Å². The maximum atomic E-state index is 5.39. The van der Waals surface area contributed by atoms with E-state index < -0.39 is 0 Å². The number of imidazole rings is 1. The van der Waals surface area contributed by atoms with Crippen molar-refractivity contribution in [3.63, 3.8) is 0 Å². The molecule has 0 N–H and O–H groups in total. The summed E-state index contributed by atoms with van der Waals surface area (Å²) in [5.74, 6) is 1.62. The minimum Gasteiger partial charge on any atom is -0.431 e. The van der Waals surface area contributed by atoms with E-state index in [2.05, 4.69) is 38.9 Å². The molecule has 0 aliphatic carbocycles. The van der Waals surface area contributed by atoms with E-state index >= 15 is 0 Å². The van der Waals surface area contributed by atoms with Crippen LogP contribution in [0.1, 0.15) is 50.9 Å². The van der Waals surface area contributed by atoms with Crippen molar-refractivity contribution in [2.45, 2.75) is 39.5 Å². The predicted molar refractivity (Wildman–Crippen MR) is 55.6 cm³/mol. The molecule has 0 aromatic carbocycles. The van der Waals surface area contributed by atoms with Crippen LogP contribution in [0.4, 0.5) is 0 Å². The Morgan fingerprint density at radius 3 is 2.50 bits per heavy atom. The lowest BCUT2D eigenvalue weighted by atomic mass is 10.1. The van der Waals surface area contributed by atoms with Gasteiger partial charge in [0.25, 0.3) is 0 Å². The third kappa shape index (κ3) is 1.33. The zero-order valence-corrected chi connectivity index (χ0v) is 9.11. The van der Waals surface area contributed by atoms with Crippen LogP contribution in [0.5, 0.6) is 0 Å².